The van der Waals surface area contributed by atoms with Crippen LogP contribution in [-0.2, 0) is 0 Å². The number of β-amino-alcohol motifs (C(OH)–C–C–N with tert-alkyl or cyclic N) is 1. The second kappa shape index (κ2) is 8.74. The molecule has 0 spiro atoms. The third kappa shape index (κ3) is 4.88. The number of likely N-dealkylation sites (tertiary alicyclic amines) is 1. The van der Waals surface area contributed by atoms with Crippen molar-refractivity contribution in [3.8, 4) is 0 Å². The van der Waals surface area contributed by atoms with Gasteiger partial charge >= 0.3 is 6.03 Å². The molecule has 3 N–H and O–H groups in total. The molecule has 3 rings (SSSR count). The van der Waals surface area contributed by atoms with E-state index in [0.29, 0.717) is 13.1 Å². The van der Waals surface area contributed by atoms with Crippen LogP contribution in [0, 0.1) is 0 Å². The van der Waals surface area contributed by atoms with Crippen molar-refractivity contribution in [3.63, 3.8) is 0 Å². The minimum atomic E-state index is -0.511. The average molecular weight is 350 g/mol. The molecule has 132 valence electrons. The van der Waals surface area contributed by atoms with Gasteiger partial charge in [-0.1, -0.05) is 24.6 Å². The topological polar surface area (TPSA) is 64.6 Å². The van der Waals surface area contributed by atoms with Crippen molar-refractivity contribution in [2.24, 2.45) is 0 Å². The van der Waals surface area contributed by atoms with Crippen LogP contribution in [0.1, 0.15) is 37.3 Å². The number of aliphatic hydroxyl groups excluding tert-OH is 1. The van der Waals surface area contributed by atoms with Crippen LogP contribution < -0.4 is 10.6 Å². The number of carbonyl (C=O) groups is 1. The number of benzene rings is 1. The van der Waals surface area contributed by atoms with Crippen molar-refractivity contribution < 1.29 is 9.90 Å². The summed E-state index contributed by atoms with van der Waals surface area (Å²) in [6.07, 6.45) is 4.13. The zero-order chi connectivity index (χ0) is 16.8. The van der Waals surface area contributed by atoms with Gasteiger partial charge < -0.3 is 20.6 Å². The molecule has 1 aromatic carbocycles. The van der Waals surface area contributed by atoms with Gasteiger partial charge in [0, 0.05) is 23.7 Å². The summed E-state index contributed by atoms with van der Waals surface area (Å²) >= 11 is 1.84. The number of nitrogens with one attached hydrogen (secondary N) is 2. The lowest BCUT2D eigenvalue weighted by atomic mass is 10.0. The van der Waals surface area contributed by atoms with Crippen LogP contribution >= 0.6 is 11.8 Å². The number of piperidine rings is 1. The Labute approximate surface area is 148 Å². The molecule has 5 nitrogen and oxygen atoms in total. The van der Waals surface area contributed by atoms with Crippen molar-refractivity contribution in [1.82, 2.24) is 15.5 Å². The summed E-state index contributed by atoms with van der Waals surface area (Å²) in [5.41, 5.74) is 1.19. The quantitative estimate of drug-likeness (QED) is 0.764. The Morgan fingerprint density at radius 1 is 1.29 bits per heavy atom. The Balaban J connectivity index is 1.43. The molecule has 0 aliphatic carbocycles. The average Bonchev–Trinajstić information content (AvgIpc) is 2.61. The predicted octanol–water partition coefficient (Wildman–Crippen LogP) is 2.37. The molecule has 0 saturated carbocycles. The lowest BCUT2D eigenvalue weighted by Gasteiger charge is -2.29. The Kier molecular flexibility index (Phi) is 6.40. The number of amides is 2. The van der Waals surface area contributed by atoms with E-state index in [4.69, 9.17) is 0 Å². The number of hydrogen-bond donors (Lipinski definition) is 3. The smallest absolute Gasteiger partial charge is 0.315 e. The molecule has 2 amide bonds. The molecule has 0 bridgehead atoms. The fourth-order valence-corrected chi connectivity index (χ4v) is 4.54. The monoisotopic (exact) mass is 349 g/mol. The molecular formula is C18H27N3O2S. The first-order chi connectivity index (χ1) is 11.7. The zero-order valence-corrected chi connectivity index (χ0v) is 14.9. The predicted molar refractivity (Wildman–Crippen MR) is 97.4 cm³/mol. The van der Waals surface area contributed by atoms with Gasteiger partial charge in [-0.25, -0.2) is 4.79 Å². The molecule has 2 aliphatic heterocycles. The van der Waals surface area contributed by atoms with Crippen LogP contribution in [-0.4, -0.2) is 54.1 Å². The van der Waals surface area contributed by atoms with E-state index in [1.165, 1.54) is 29.7 Å². The first-order valence-corrected chi connectivity index (χ1v) is 9.87. The molecule has 1 saturated heterocycles. The molecule has 2 heterocycles. The van der Waals surface area contributed by atoms with E-state index in [0.717, 1.165) is 25.3 Å². The highest BCUT2D eigenvalue weighted by atomic mass is 32.2. The SMILES string of the molecule is O=C(NC[C@@H](O)CN1CCCCC1)N[C@@H]1CCSc2ccccc21. The van der Waals surface area contributed by atoms with E-state index in [2.05, 4.69) is 27.7 Å². The molecule has 24 heavy (non-hydrogen) atoms. The molecule has 1 aromatic rings. The standard InChI is InChI=1S/C18H27N3O2S/c22-14(13-21-9-4-1-5-10-21)12-19-18(23)20-16-8-11-24-17-7-3-2-6-15(16)17/h2-3,6-7,14,16,22H,1,4-5,8-13H2,(H2,19,20,23)/t14-,16-/m1/s1. The number of fused-ring (bicyclic) bond motifs is 1. The van der Waals surface area contributed by atoms with Crippen molar-refractivity contribution in [1.29, 1.82) is 0 Å². The van der Waals surface area contributed by atoms with Crippen molar-refractivity contribution in [3.05, 3.63) is 29.8 Å². The third-order valence-corrected chi connectivity index (χ3v) is 5.80. The fraction of sp³-hybridized carbons (Fsp3) is 0.611. The summed E-state index contributed by atoms with van der Waals surface area (Å²) in [4.78, 5) is 15.7. The number of carbonyl (C=O) groups excluding carboxylic acids is 1. The van der Waals surface area contributed by atoms with Crippen molar-refractivity contribution >= 4 is 17.8 Å². The molecule has 2 aliphatic rings. The van der Waals surface area contributed by atoms with Crippen LogP contribution in [0.25, 0.3) is 0 Å². The fourth-order valence-electron chi connectivity index (χ4n) is 3.42. The van der Waals surface area contributed by atoms with E-state index in [9.17, 15) is 9.90 Å². The van der Waals surface area contributed by atoms with Crippen LogP contribution in [0.4, 0.5) is 4.79 Å². The third-order valence-electron chi connectivity index (χ3n) is 4.68. The Morgan fingerprint density at radius 2 is 2.08 bits per heavy atom. The number of urea groups is 1. The summed E-state index contributed by atoms with van der Waals surface area (Å²) < 4.78 is 0. The summed E-state index contributed by atoms with van der Waals surface area (Å²) in [6.45, 7) is 3.05. The van der Waals surface area contributed by atoms with Crippen LogP contribution in [0.5, 0.6) is 0 Å². The lowest BCUT2D eigenvalue weighted by Crippen LogP contribution is -2.45. The van der Waals surface area contributed by atoms with E-state index in [1.54, 1.807) is 0 Å². The summed E-state index contributed by atoms with van der Waals surface area (Å²) in [7, 11) is 0. The van der Waals surface area contributed by atoms with Gasteiger partial charge in [-0.2, -0.15) is 0 Å². The van der Waals surface area contributed by atoms with E-state index in [-0.39, 0.29) is 12.1 Å². The molecule has 0 radical (unpaired) electrons. The molecule has 1 fully saturated rings. The van der Waals surface area contributed by atoms with Gasteiger partial charge in [-0.3, -0.25) is 0 Å². The maximum atomic E-state index is 12.2. The largest absolute Gasteiger partial charge is 0.390 e. The van der Waals surface area contributed by atoms with Crippen LogP contribution in [0.2, 0.25) is 0 Å². The van der Waals surface area contributed by atoms with E-state index < -0.39 is 6.10 Å². The lowest BCUT2D eigenvalue weighted by molar-refractivity contribution is 0.101. The van der Waals surface area contributed by atoms with Gasteiger partial charge in [0.15, 0.2) is 0 Å². The second-order valence-corrected chi connectivity index (χ2v) is 7.73. The number of rotatable bonds is 5. The Morgan fingerprint density at radius 3 is 2.92 bits per heavy atom. The maximum absolute atomic E-state index is 12.2. The number of nitrogens with zero attached hydrogens (tertiary/aromatic N) is 1. The van der Waals surface area contributed by atoms with Gasteiger partial charge in [0.05, 0.1) is 12.1 Å². The Hall–Kier alpha value is -1.24. The van der Waals surface area contributed by atoms with Crippen molar-refractivity contribution in [2.45, 2.75) is 42.7 Å². The van der Waals surface area contributed by atoms with Crippen molar-refractivity contribution in [2.75, 3.05) is 31.9 Å². The normalized spacial score (nSPS) is 22.5. The zero-order valence-electron chi connectivity index (χ0n) is 14.0. The van der Waals surface area contributed by atoms with Crippen LogP contribution in [0.3, 0.4) is 0 Å². The molecular weight excluding hydrogens is 322 g/mol. The number of hydrogen-bond acceptors (Lipinski definition) is 4. The highest BCUT2D eigenvalue weighted by molar-refractivity contribution is 7.99. The van der Waals surface area contributed by atoms with E-state index in [1.807, 2.05) is 23.9 Å². The summed E-state index contributed by atoms with van der Waals surface area (Å²) in [6, 6.07) is 8.09. The highest BCUT2D eigenvalue weighted by Crippen LogP contribution is 2.35. The van der Waals surface area contributed by atoms with Gasteiger partial charge in [0.2, 0.25) is 0 Å². The first-order valence-electron chi connectivity index (χ1n) is 8.89. The summed E-state index contributed by atoms with van der Waals surface area (Å²) in [5.74, 6) is 1.01. The van der Waals surface area contributed by atoms with Crippen LogP contribution in [0.15, 0.2) is 29.2 Å². The number of thioether (sulfide) groups is 1. The minimum Gasteiger partial charge on any atom is -0.390 e. The minimum absolute atomic E-state index is 0.0571. The van der Waals surface area contributed by atoms with E-state index >= 15 is 0 Å². The Bertz CT molecular complexity index is 549. The first kappa shape index (κ1) is 17.6. The second-order valence-electron chi connectivity index (χ2n) is 6.60. The molecule has 0 aromatic heterocycles. The summed E-state index contributed by atoms with van der Waals surface area (Å²) in [5, 5.41) is 16.0. The maximum Gasteiger partial charge on any atom is 0.315 e. The molecule has 0 unspecified atom stereocenters. The molecule has 2 atom stereocenters. The molecule has 6 heteroatoms. The number of aliphatic hydroxyl groups is 1. The van der Waals surface area contributed by atoms with Gasteiger partial charge in [-0.15, -0.1) is 11.8 Å². The van der Waals surface area contributed by atoms with Gasteiger partial charge in [0.1, 0.15) is 0 Å². The highest BCUT2D eigenvalue weighted by Gasteiger charge is 2.22. The van der Waals surface area contributed by atoms with Gasteiger partial charge in [-0.05, 0) is 44.0 Å². The van der Waals surface area contributed by atoms with Gasteiger partial charge in [0.25, 0.3) is 0 Å².